The van der Waals surface area contributed by atoms with Crippen molar-refractivity contribution in [2.24, 2.45) is 0 Å². The van der Waals surface area contributed by atoms with Gasteiger partial charge in [0.25, 0.3) is 0 Å². The summed E-state index contributed by atoms with van der Waals surface area (Å²) < 4.78 is 6.72. The zero-order chi connectivity index (χ0) is 44.3. The Balaban J connectivity index is 1.04. The molecule has 0 saturated carbocycles. The van der Waals surface area contributed by atoms with E-state index < -0.39 is 5.41 Å². The van der Waals surface area contributed by atoms with Gasteiger partial charge in [-0.15, -0.1) is 0 Å². The first kappa shape index (κ1) is 38.5. The molecule has 3 aliphatic rings. The van der Waals surface area contributed by atoms with Gasteiger partial charge in [0, 0.05) is 38.7 Å². The van der Waals surface area contributed by atoms with Crippen LogP contribution in [0.4, 0.5) is 17.1 Å². The highest BCUT2D eigenvalue weighted by molar-refractivity contribution is 6.11. The van der Waals surface area contributed by atoms with Gasteiger partial charge in [-0.3, -0.25) is 0 Å². The van der Waals surface area contributed by atoms with Gasteiger partial charge >= 0.3 is 0 Å². The van der Waals surface area contributed by atoms with Crippen molar-refractivity contribution in [3.63, 3.8) is 0 Å². The van der Waals surface area contributed by atoms with Crippen LogP contribution in [0.5, 0.6) is 0 Å². The van der Waals surface area contributed by atoms with Gasteiger partial charge < -0.3 is 9.32 Å². The molecule has 0 amide bonds. The molecule has 10 aromatic rings. The van der Waals surface area contributed by atoms with Crippen LogP contribution >= 0.6 is 0 Å². The summed E-state index contributed by atoms with van der Waals surface area (Å²) in [5.74, 6) is 0. The van der Waals surface area contributed by atoms with Crippen LogP contribution in [0.15, 0.2) is 222 Å². The van der Waals surface area contributed by atoms with Crippen LogP contribution in [0.3, 0.4) is 0 Å². The molecule has 0 fully saturated rings. The molecule has 66 heavy (non-hydrogen) atoms. The van der Waals surface area contributed by atoms with E-state index in [0.717, 1.165) is 50.1 Å². The molecule has 13 rings (SSSR count). The Hall–Kier alpha value is -7.94. The number of hydrogen-bond acceptors (Lipinski definition) is 2. The average molecular weight is 846 g/mol. The van der Waals surface area contributed by atoms with Crippen molar-refractivity contribution in [2.75, 3.05) is 4.90 Å². The summed E-state index contributed by atoms with van der Waals surface area (Å²) >= 11 is 0. The number of hydrogen-bond donors (Lipinski definition) is 0. The number of allylic oxidation sites excluding steroid dienone is 4. The van der Waals surface area contributed by atoms with E-state index in [9.17, 15) is 0 Å². The van der Waals surface area contributed by atoms with E-state index >= 15 is 0 Å². The molecule has 0 radical (unpaired) electrons. The fourth-order valence-corrected chi connectivity index (χ4v) is 12.2. The van der Waals surface area contributed by atoms with E-state index in [4.69, 9.17) is 4.42 Å². The van der Waals surface area contributed by atoms with Crippen LogP contribution in [0, 0.1) is 0 Å². The lowest BCUT2D eigenvalue weighted by Crippen LogP contribution is -2.26. The number of para-hydroxylation sites is 3. The summed E-state index contributed by atoms with van der Waals surface area (Å²) in [6.07, 6.45) is 4.56. The van der Waals surface area contributed by atoms with Gasteiger partial charge in [-0.1, -0.05) is 190 Å². The van der Waals surface area contributed by atoms with Gasteiger partial charge in [0.2, 0.25) is 0 Å². The maximum absolute atomic E-state index is 6.72. The van der Waals surface area contributed by atoms with E-state index in [1.807, 2.05) is 6.07 Å². The Morgan fingerprint density at radius 1 is 0.455 bits per heavy atom. The Kier molecular flexibility index (Phi) is 8.33. The summed E-state index contributed by atoms with van der Waals surface area (Å²) in [7, 11) is 0. The molecule has 314 valence electrons. The minimum atomic E-state index is -0.413. The zero-order valence-electron chi connectivity index (χ0n) is 37.6. The first-order valence-corrected chi connectivity index (χ1v) is 23.2. The molecule has 2 nitrogen and oxygen atoms in total. The Labute approximate surface area is 386 Å². The third kappa shape index (κ3) is 5.18. The van der Waals surface area contributed by atoms with Crippen LogP contribution in [0.1, 0.15) is 61.1 Å². The van der Waals surface area contributed by atoms with Gasteiger partial charge in [-0.25, -0.2) is 0 Å². The summed E-state index contributed by atoms with van der Waals surface area (Å²) in [5.41, 5.74) is 25.0. The third-order valence-corrected chi connectivity index (χ3v) is 15.0. The molecule has 1 spiro atoms. The highest BCUT2D eigenvalue weighted by Crippen LogP contribution is 2.63. The van der Waals surface area contributed by atoms with Crippen LogP contribution in [-0.4, -0.2) is 0 Å². The van der Waals surface area contributed by atoms with Crippen molar-refractivity contribution < 1.29 is 4.42 Å². The summed E-state index contributed by atoms with van der Waals surface area (Å²) in [5, 5.41) is 2.24. The highest BCUT2D eigenvalue weighted by atomic mass is 16.3. The van der Waals surface area contributed by atoms with Gasteiger partial charge in [-0.2, -0.15) is 0 Å². The van der Waals surface area contributed by atoms with Crippen molar-refractivity contribution >= 4 is 44.6 Å². The maximum Gasteiger partial charge on any atom is 0.143 e. The number of rotatable bonds is 6. The molecule has 1 heterocycles. The highest BCUT2D eigenvalue weighted by Gasteiger charge is 2.52. The fraction of sp³-hybridized carbons (Fsp3) is 0.0938. The molecule has 9 aromatic carbocycles. The molecule has 0 saturated heterocycles. The average Bonchev–Trinajstić information content (AvgIpc) is 4.04. The van der Waals surface area contributed by atoms with Crippen molar-refractivity contribution in [1.29, 1.82) is 0 Å². The standard InChI is InChI=1S/C64H47NO/c1-5-19-53-40(2)44-22-6-12-31-55(44)64(53)56-32-13-8-26-52(56)61-45(27-18-33-57(61)64)41-20-16-21-42(38-41)65(43-36-37-47-46-23-7-11-30-54(46)63(3,4)58(47)39-43)59-34-14-9-24-48(59)50-28-17-29-51-49-25-10-15-35-60(49)66-62(50)51/h5-39H,1-4H3/b19-5-. The smallest absolute Gasteiger partial charge is 0.143 e. The first-order valence-electron chi connectivity index (χ1n) is 23.2. The van der Waals surface area contributed by atoms with Gasteiger partial charge in [0.15, 0.2) is 0 Å². The van der Waals surface area contributed by atoms with E-state index in [0.29, 0.717) is 0 Å². The Morgan fingerprint density at radius 2 is 1.05 bits per heavy atom. The molecule has 1 aromatic heterocycles. The summed E-state index contributed by atoms with van der Waals surface area (Å²) in [6, 6.07) is 74.1. The molecule has 0 N–H and O–H groups in total. The Bertz CT molecular complexity index is 3720. The molecule has 2 heteroatoms. The number of furan rings is 1. The number of benzene rings is 9. The van der Waals surface area contributed by atoms with E-state index in [2.05, 4.69) is 239 Å². The fourth-order valence-electron chi connectivity index (χ4n) is 12.2. The normalized spacial score (nSPS) is 16.2. The van der Waals surface area contributed by atoms with E-state index in [-0.39, 0.29) is 5.41 Å². The van der Waals surface area contributed by atoms with Crippen LogP contribution in [0.25, 0.3) is 72.0 Å². The lowest BCUT2D eigenvalue weighted by Gasteiger charge is -2.32. The van der Waals surface area contributed by atoms with Crippen LogP contribution < -0.4 is 4.90 Å². The van der Waals surface area contributed by atoms with E-state index in [1.54, 1.807) is 0 Å². The van der Waals surface area contributed by atoms with Crippen LogP contribution in [0.2, 0.25) is 0 Å². The minimum Gasteiger partial charge on any atom is -0.455 e. The summed E-state index contributed by atoms with van der Waals surface area (Å²) in [4.78, 5) is 2.47. The van der Waals surface area contributed by atoms with Crippen molar-refractivity contribution in [3.8, 4) is 44.5 Å². The topological polar surface area (TPSA) is 16.4 Å². The second-order valence-electron chi connectivity index (χ2n) is 18.7. The molecule has 1 unspecified atom stereocenters. The predicted molar refractivity (Wildman–Crippen MR) is 276 cm³/mol. The Morgan fingerprint density at radius 3 is 1.88 bits per heavy atom. The molecule has 0 aliphatic heterocycles. The molecular weight excluding hydrogens is 799 g/mol. The second-order valence-corrected chi connectivity index (χ2v) is 18.7. The monoisotopic (exact) mass is 845 g/mol. The number of nitrogens with zero attached hydrogens (tertiary/aromatic N) is 1. The van der Waals surface area contributed by atoms with E-state index in [1.165, 1.54) is 77.9 Å². The largest absolute Gasteiger partial charge is 0.455 e. The molecular formula is C64H47NO. The van der Waals surface area contributed by atoms with Gasteiger partial charge in [0.1, 0.15) is 11.2 Å². The van der Waals surface area contributed by atoms with Crippen molar-refractivity contribution in [2.45, 2.75) is 38.5 Å². The minimum absolute atomic E-state index is 0.166. The number of anilines is 3. The van der Waals surface area contributed by atoms with Gasteiger partial charge in [-0.05, 0) is 128 Å². The number of fused-ring (bicyclic) bond motifs is 13. The lowest BCUT2D eigenvalue weighted by molar-refractivity contribution is 0.660. The lowest BCUT2D eigenvalue weighted by atomic mass is 9.69. The second kappa shape index (κ2) is 14.3. The van der Waals surface area contributed by atoms with Crippen molar-refractivity contribution in [3.05, 3.63) is 251 Å². The van der Waals surface area contributed by atoms with Gasteiger partial charge in [0.05, 0.1) is 11.1 Å². The molecule has 0 bridgehead atoms. The van der Waals surface area contributed by atoms with Crippen LogP contribution in [-0.2, 0) is 10.8 Å². The molecule has 1 atom stereocenters. The summed E-state index contributed by atoms with van der Waals surface area (Å²) in [6.45, 7) is 9.17. The first-order chi connectivity index (χ1) is 32.4. The quantitative estimate of drug-likeness (QED) is 0.166. The molecule has 3 aliphatic carbocycles. The third-order valence-electron chi connectivity index (χ3n) is 15.0. The predicted octanol–water partition coefficient (Wildman–Crippen LogP) is 17.4. The SMILES string of the molecule is C/C=C\C1=C(C)c2ccccc2C12c1ccccc1-c1c(-c3cccc(N(c4ccc5c(c4)C(C)(C)c4ccccc4-5)c4ccccc4-c4cccc5c4oc4ccccc45)c3)cccc12. The maximum atomic E-state index is 6.72. The van der Waals surface area contributed by atoms with Crippen molar-refractivity contribution in [1.82, 2.24) is 0 Å². The zero-order valence-corrected chi connectivity index (χ0v) is 37.6.